The molecule has 1 aliphatic rings. The lowest BCUT2D eigenvalue weighted by Crippen LogP contribution is -2.13. The lowest BCUT2D eigenvalue weighted by atomic mass is 9.99. The van der Waals surface area contributed by atoms with Gasteiger partial charge in [0.1, 0.15) is 17.2 Å². The molecule has 0 spiro atoms. The van der Waals surface area contributed by atoms with Crippen LogP contribution >= 0.6 is 0 Å². The highest BCUT2D eigenvalue weighted by Crippen LogP contribution is 2.27. The Hall–Kier alpha value is -2.37. The van der Waals surface area contributed by atoms with Crippen LogP contribution < -0.4 is 0 Å². The van der Waals surface area contributed by atoms with Crippen molar-refractivity contribution in [3.63, 3.8) is 0 Å². The average molecular weight is 261 g/mol. The summed E-state index contributed by atoms with van der Waals surface area (Å²) in [5, 5.41) is 22.3. The first-order valence-corrected chi connectivity index (χ1v) is 5.99. The fourth-order valence-corrected chi connectivity index (χ4v) is 2.35. The van der Waals surface area contributed by atoms with E-state index in [0.717, 1.165) is 11.2 Å². The van der Waals surface area contributed by atoms with E-state index in [1.54, 1.807) is 12.1 Å². The molecule has 0 fully saturated rings. The van der Waals surface area contributed by atoms with E-state index < -0.39 is 5.82 Å². The standard InChI is InChI=1S/C13H12FN3O2/c14-9-4-1-3-8(7-9)13-15-12-10(16-18)5-2-6-11(12)17(13)19/h1,3-4,7,18-19H,2,5-6H2/b16-10+. The van der Waals surface area contributed by atoms with Crippen LogP contribution in [-0.4, -0.2) is 25.8 Å². The quantitative estimate of drug-likeness (QED) is 0.470. The summed E-state index contributed by atoms with van der Waals surface area (Å²) >= 11 is 0. The number of oxime groups is 1. The second-order valence-electron chi connectivity index (χ2n) is 4.45. The number of hydrogen-bond donors (Lipinski definition) is 2. The molecule has 1 aliphatic carbocycles. The third kappa shape index (κ3) is 1.85. The number of aromatic nitrogens is 2. The summed E-state index contributed by atoms with van der Waals surface area (Å²) < 4.78 is 14.2. The van der Waals surface area contributed by atoms with Gasteiger partial charge in [-0.3, -0.25) is 0 Å². The number of benzene rings is 1. The van der Waals surface area contributed by atoms with Crippen molar-refractivity contribution >= 4 is 5.71 Å². The van der Waals surface area contributed by atoms with E-state index in [1.165, 1.54) is 12.1 Å². The van der Waals surface area contributed by atoms with Crippen molar-refractivity contribution in [3.05, 3.63) is 41.5 Å². The first-order chi connectivity index (χ1) is 9.20. The van der Waals surface area contributed by atoms with E-state index in [-0.39, 0.29) is 5.82 Å². The molecule has 5 nitrogen and oxygen atoms in total. The highest BCUT2D eigenvalue weighted by Gasteiger charge is 2.25. The maximum Gasteiger partial charge on any atom is 0.176 e. The molecule has 0 aliphatic heterocycles. The Balaban J connectivity index is 2.17. The zero-order chi connectivity index (χ0) is 13.4. The van der Waals surface area contributed by atoms with Gasteiger partial charge < -0.3 is 10.4 Å². The molecule has 0 atom stereocenters. The Labute approximate surface area is 108 Å². The Morgan fingerprint density at radius 2 is 2.16 bits per heavy atom. The van der Waals surface area contributed by atoms with Crippen LogP contribution in [0.2, 0.25) is 0 Å². The third-order valence-electron chi connectivity index (χ3n) is 3.25. The van der Waals surface area contributed by atoms with E-state index in [2.05, 4.69) is 10.1 Å². The van der Waals surface area contributed by atoms with Crippen LogP contribution in [-0.2, 0) is 6.42 Å². The summed E-state index contributed by atoms with van der Waals surface area (Å²) in [5.41, 5.74) is 2.01. The molecule has 0 radical (unpaired) electrons. The van der Waals surface area contributed by atoms with Gasteiger partial charge in [-0.1, -0.05) is 17.3 Å². The second kappa shape index (κ2) is 4.38. The second-order valence-corrected chi connectivity index (χ2v) is 4.45. The van der Waals surface area contributed by atoms with Gasteiger partial charge in [-0.05, 0) is 31.4 Å². The smallest absolute Gasteiger partial charge is 0.176 e. The summed E-state index contributed by atoms with van der Waals surface area (Å²) in [6.45, 7) is 0. The van der Waals surface area contributed by atoms with Crippen molar-refractivity contribution < 1.29 is 14.8 Å². The zero-order valence-corrected chi connectivity index (χ0v) is 10.0. The molecule has 1 heterocycles. The minimum atomic E-state index is -0.394. The highest BCUT2D eigenvalue weighted by molar-refractivity contribution is 6.00. The first-order valence-electron chi connectivity index (χ1n) is 5.99. The Morgan fingerprint density at radius 3 is 2.89 bits per heavy atom. The molecule has 0 bridgehead atoms. The molecule has 0 amide bonds. The number of rotatable bonds is 1. The molecule has 2 N–H and O–H groups in total. The molecule has 0 unspecified atom stereocenters. The lowest BCUT2D eigenvalue weighted by Gasteiger charge is -2.11. The van der Waals surface area contributed by atoms with E-state index in [9.17, 15) is 9.60 Å². The number of fused-ring (bicyclic) bond motifs is 1. The van der Waals surface area contributed by atoms with Gasteiger partial charge in [0.05, 0.1) is 5.69 Å². The Bertz CT molecular complexity index is 664. The van der Waals surface area contributed by atoms with Gasteiger partial charge in [0.15, 0.2) is 5.82 Å². The maximum atomic E-state index is 13.2. The SMILES string of the molecule is O/N=C1\CCCc2c1nc(-c1cccc(F)c1)n2O. The fourth-order valence-electron chi connectivity index (χ4n) is 2.35. The average Bonchev–Trinajstić information content (AvgIpc) is 2.76. The number of nitrogens with zero attached hydrogens (tertiary/aromatic N) is 3. The molecule has 2 aromatic rings. The molecule has 1 aromatic carbocycles. The normalized spacial score (nSPS) is 16.6. The topological polar surface area (TPSA) is 70.6 Å². The molecule has 98 valence electrons. The third-order valence-corrected chi connectivity index (χ3v) is 3.25. The minimum absolute atomic E-state index is 0.257. The molecule has 0 saturated carbocycles. The van der Waals surface area contributed by atoms with Crippen molar-refractivity contribution in [3.8, 4) is 11.4 Å². The van der Waals surface area contributed by atoms with Crippen LogP contribution in [0.5, 0.6) is 0 Å². The van der Waals surface area contributed by atoms with Crippen LogP contribution in [0.4, 0.5) is 4.39 Å². The van der Waals surface area contributed by atoms with Gasteiger partial charge in [-0.25, -0.2) is 9.37 Å². The summed E-state index contributed by atoms with van der Waals surface area (Å²) in [6.07, 6.45) is 2.04. The van der Waals surface area contributed by atoms with E-state index in [0.29, 0.717) is 35.5 Å². The van der Waals surface area contributed by atoms with Crippen molar-refractivity contribution in [2.45, 2.75) is 19.3 Å². The summed E-state index contributed by atoms with van der Waals surface area (Å²) in [7, 11) is 0. The van der Waals surface area contributed by atoms with Crippen molar-refractivity contribution in [2.75, 3.05) is 0 Å². The van der Waals surface area contributed by atoms with Gasteiger partial charge in [0.2, 0.25) is 0 Å². The van der Waals surface area contributed by atoms with Gasteiger partial charge in [-0.15, -0.1) is 0 Å². The molecule has 6 heteroatoms. The monoisotopic (exact) mass is 261 g/mol. The summed E-state index contributed by atoms with van der Waals surface area (Å²) in [4.78, 5) is 4.27. The number of halogens is 1. The molecule has 3 rings (SSSR count). The van der Waals surface area contributed by atoms with Crippen LogP contribution in [0.25, 0.3) is 11.4 Å². The van der Waals surface area contributed by atoms with Crippen molar-refractivity contribution in [1.82, 2.24) is 9.71 Å². The predicted octanol–water partition coefficient (Wildman–Crippen LogP) is 2.44. The van der Waals surface area contributed by atoms with E-state index in [1.807, 2.05) is 0 Å². The van der Waals surface area contributed by atoms with Crippen LogP contribution in [0.15, 0.2) is 29.4 Å². The van der Waals surface area contributed by atoms with Gasteiger partial charge in [0.25, 0.3) is 0 Å². The number of hydrogen-bond acceptors (Lipinski definition) is 4. The van der Waals surface area contributed by atoms with Gasteiger partial charge >= 0.3 is 0 Å². The van der Waals surface area contributed by atoms with E-state index in [4.69, 9.17) is 5.21 Å². The first kappa shape index (κ1) is 11.7. The predicted molar refractivity (Wildman–Crippen MR) is 66.1 cm³/mol. The van der Waals surface area contributed by atoms with Gasteiger partial charge in [0, 0.05) is 5.56 Å². The highest BCUT2D eigenvalue weighted by atomic mass is 19.1. The molecule has 1 aromatic heterocycles. The maximum absolute atomic E-state index is 13.2. The van der Waals surface area contributed by atoms with E-state index >= 15 is 0 Å². The summed E-state index contributed by atoms with van der Waals surface area (Å²) in [6, 6.07) is 5.85. The van der Waals surface area contributed by atoms with Crippen LogP contribution in [0.3, 0.4) is 0 Å². The zero-order valence-electron chi connectivity index (χ0n) is 10.0. The minimum Gasteiger partial charge on any atom is -0.427 e. The molecule has 19 heavy (non-hydrogen) atoms. The van der Waals surface area contributed by atoms with Crippen LogP contribution in [0.1, 0.15) is 24.2 Å². The van der Waals surface area contributed by atoms with Gasteiger partial charge in [-0.2, -0.15) is 4.73 Å². The molecular formula is C13H12FN3O2. The van der Waals surface area contributed by atoms with Crippen LogP contribution in [0, 0.1) is 5.82 Å². The van der Waals surface area contributed by atoms with Crippen molar-refractivity contribution in [2.24, 2.45) is 5.16 Å². The Morgan fingerprint density at radius 1 is 1.32 bits per heavy atom. The largest absolute Gasteiger partial charge is 0.427 e. The Kier molecular flexibility index (Phi) is 2.70. The molecular weight excluding hydrogens is 249 g/mol. The number of imidazole rings is 1. The molecule has 0 saturated heterocycles. The lowest BCUT2D eigenvalue weighted by molar-refractivity contribution is 0.181. The summed E-state index contributed by atoms with van der Waals surface area (Å²) in [5.74, 6) is -0.137. The fraction of sp³-hybridized carbons (Fsp3) is 0.231. The van der Waals surface area contributed by atoms with Crippen molar-refractivity contribution in [1.29, 1.82) is 0 Å².